The number of rotatable bonds is 4. The SMILES string of the molecule is C[Si](C)(C)c1ccc([C@H](O)[C@H](N)C(=O)O)cc1. The maximum absolute atomic E-state index is 10.7. The van der Waals surface area contributed by atoms with Crippen molar-refractivity contribution in [2.75, 3.05) is 0 Å². The molecule has 4 N–H and O–H groups in total. The van der Waals surface area contributed by atoms with Crippen LogP contribution in [0.25, 0.3) is 0 Å². The first-order valence-corrected chi connectivity index (χ1v) is 9.00. The molecule has 1 aromatic rings. The van der Waals surface area contributed by atoms with Gasteiger partial charge in [-0.05, 0) is 5.56 Å². The van der Waals surface area contributed by atoms with Gasteiger partial charge in [0, 0.05) is 0 Å². The predicted octanol–water partition coefficient (Wildman–Crippen LogP) is 0.677. The lowest BCUT2D eigenvalue weighted by Gasteiger charge is -2.19. The van der Waals surface area contributed by atoms with Crippen LogP contribution in [0.2, 0.25) is 19.6 Å². The molecule has 0 fully saturated rings. The normalized spacial score (nSPS) is 15.4. The number of hydrogen-bond donors (Lipinski definition) is 3. The highest BCUT2D eigenvalue weighted by Crippen LogP contribution is 2.15. The van der Waals surface area contributed by atoms with Gasteiger partial charge in [-0.15, -0.1) is 0 Å². The average molecular weight is 253 g/mol. The summed E-state index contributed by atoms with van der Waals surface area (Å²) in [5, 5.41) is 19.7. The second kappa shape index (κ2) is 4.99. The van der Waals surface area contributed by atoms with Crippen molar-refractivity contribution < 1.29 is 15.0 Å². The van der Waals surface area contributed by atoms with E-state index < -0.39 is 26.2 Å². The van der Waals surface area contributed by atoms with Crippen LogP contribution in [-0.4, -0.2) is 30.3 Å². The molecular formula is C12H19NO3Si. The van der Waals surface area contributed by atoms with Gasteiger partial charge in [0.2, 0.25) is 0 Å². The van der Waals surface area contributed by atoms with Gasteiger partial charge in [-0.1, -0.05) is 49.1 Å². The molecule has 0 aliphatic carbocycles. The first-order valence-electron chi connectivity index (χ1n) is 5.50. The van der Waals surface area contributed by atoms with Gasteiger partial charge in [-0.2, -0.15) is 0 Å². The Bertz CT molecular complexity index is 397. The van der Waals surface area contributed by atoms with Crippen LogP contribution in [0.15, 0.2) is 24.3 Å². The molecule has 1 rings (SSSR count). The lowest BCUT2D eigenvalue weighted by molar-refractivity contribution is -0.141. The molecule has 2 atom stereocenters. The molecule has 0 radical (unpaired) electrons. The van der Waals surface area contributed by atoms with Crippen molar-refractivity contribution in [2.24, 2.45) is 5.73 Å². The third-order valence-electron chi connectivity index (χ3n) is 2.74. The van der Waals surface area contributed by atoms with Gasteiger partial charge < -0.3 is 15.9 Å². The van der Waals surface area contributed by atoms with Crippen molar-refractivity contribution in [3.8, 4) is 0 Å². The number of aliphatic carboxylic acids is 1. The number of carbonyl (C=O) groups is 1. The fraction of sp³-hybridized carbons (Fsp3) is 0.417. The van der Waals surface area contributed by atoms with E-state index in [0.29, 0.717) is 5.56 Å². The number of carboxylic acid groups (broad SMARTS) is 1. The second-order valence-corrected chi connectivity index (χ2v) is 10.3. The van der Waals surface area contributed by atoms with Crippen molar-refractivity contribution in [1.29, 1.82) is 0 Å². The number of carboxylic acids is 1. The number of nitrogens with two attached hydrogens (primary N) is 1. The fourth-order valence-electron chi connectivity index (χ4n) is 1.52. The van der Waals surface area contributed by atoms with E-state index in [1.807, 2.05) is 12.1 Å². The predicted molar refractivity (Wildman–Crippen MR) is 70.0 cm³/mol. The third-order valence-corrected chi connectivity index (χ3v) is 4.81. The molecule has 5 heteroatoms. The lowest BCUT2D eigenvalue weighted by atomic mass is 10.0. The summed E-state index contributed by atoms with van der Waals surface area (Å²) < 4.78 is 0. The van der Waals surface area contributed by atoms with Crippen LogP contribution in [0.3, 0.4) is 0 Å². The molecule has 1 aromatic carbocycles. The summed E-state index contributed by atoms with van der Waals surface area (Å²) >= 11 is 0. The van der Waals surface area contributed by atoms with Crippen LogP contribution >= 0.6 is 0 Å². The summed E-state index contributed by atoms with van der Waals surface area (Å²) in [5.41, 5.74) is 5.92. The average Bonchev–Trinajstić information content (AvgIpc) is 2.26. The molecule has 4 nitrogen and oxygen atoms in total. The molecule has 0 saturated heterocycles. The van der Waals surface area contributed by atoms with Crippen LogP contribution in [0.5, 0.6) is 0 Å². The van der Waals surface area contributed by atoms with Crippen molar-refractivity contribution >= 4 is 19.2 Å². The highest BCUT2D eigenvalue weighted by atomic mass is 28.3. The van der Waals surface area contributed by atoms with Crippen LogP contribution in [0.1, 0.15) is 11.7 Å². The minimum absolute atomic E-state index is 0.543. The van der Waals surface area contributed by atoms with Gasteiger partial charge in [0.15, 0.2) is 0 Å². The smallest absolute Gasteiger partial charge is 0.323 e. The van der Waals surface area contributed by atoms with E-state index >= 15 is 0 Å². The van der Waals surface area contributed by atoms with E-state index in [9.17, 15) is 9.90 Å². The zero-order valence-electron chi connectivity index (χ0n) is 10.3. The molecule has 0 bridgehead atoms. The standard InChI is InChI=1S/C12H19NO3Si/c1-17(2,3)9-6-4-8(5-7-9)11(14)10(13)12(15)16/h4-7,10-11,14H,13H2,1-3H3,(H,15,16)/t10-,11-/m0/s1. The summed E-state index contributed by atoms with van der Waals surface area (Å²) in [7, 11) is -1.37. The Hall–Kier alpha value is -1.17. The first-order chi connectivity index (χ1) is 7.73. The van der Waals surface area contributed by atoms with E-state index in [2.05, 4.69) is 19.6 Å². The van der Waals surface area contributed by atoms with Gasteiger partial charge in [-0.25, -0.2) is 0 Å². The summed E-state index contributed by atoms with van der Waals surface area (Å²) in [4.78, 5) is 10.7. The van der Waals surface area contributed by atoms with Crippen LogP contribution < -0.4 is 10.9 Å². The molecule has 94 valence electrons. The topological polar surface area (TPSA) is 83.5 Å². The van der Waals surface area contributed by atoms with Gasteiger partial charge in [0.05, 0.1) is 8.07 Å². The molecular weight excluding hydrogens is 234 g/mol. The minimum atomic E-state index is -1.37. The Morgan fingerprint density at radius 1 is 1.24 bits per heavy atom. The fourth-order valence-corrected chi connectivity index (χ4v) is 2.69. The highest BCUT2D eigenvalue weighted by Gasteiger charge is 2.24. The number of aliphatic hydroxyl groups excluding tert-OH is 1. The van der Waals surface area contributed by atoms with Crippen molar-refractivity contribution in [2.45, 2.75) is 31.8 Å². The van der Waals surface area contributed by atoms with E-state index in [4.69, 9.17) is 10.8 Å². The molecule has 0 unspecified atom stereocenters. The summed E-state index contributed by atoms with van der Waals surface area (Å²) in [6.45, 7) is 6.67. The van der Waals surface area contributed by atoms with Crippen molar-refractivity contribution in [3.05, 3.63) is 29.8 Å². The van der Waals surface area contributed by atoms with E-state index in [1.54, 1.807) is 12.1 Å². The van der Waals surface area contributed by atoms with Gasteiger partial charge >= 0.3 is 5.97 Å². The minimum Gasteiger partial charge on any atom is -0.480 e. The van der Waals surface area contributed by atoms with Gasteiger partial charge in [0.1, 0.15) is 12.1 Å². The van der Waals surface area contributed by atoms with Crippen LogP contribution in [0.4, 0.5) is 0 Å². The van der Waals surface area contributed by atoms with E-state index in [-0.39, 0.29) is 0 Å². The molecule has 0 aliphatic heterocycles. The quantitative estimate of drug-likeness (QED) is 0.689. The van der Waals surface area contributed by atoms with Crippen molar-refractivity contribution in [3.63, 3.8) is 0 Å². The van der Waals surface area contributed by atoms with Crippen molar-refractivity contribution in [1.82, 2.24) is 0 Å². The Morgan fingerprint density at radius 3 is 2.06 bits per heavy atom. The third kappa shape index (κ3) is 3.39. The maximum Gasteiger partial charge on any atom is 0.323 e. The summed E-state index contributed by atoms with van der Waals surface area (Å²) in [5.74, 6) is -1.20. The molecule has 0 spiro atoms. The number of benzene rings is 1. The van der Waals surface area contributed by atoms with E-state index in [0.717, 1.165) is 0 Å². The molecule has 0 heterocycles. The van der Waals surface area contributed by atoms with Gasteiger partial charge in [0.25, 0.3) is 0 Å². The zero-order chi connectivity index (χ0) is 13.2. The monoisotopic (exact) mass is 253 g/mol. The number of aliphatic hydroxyl groups is 1. The van der Waals surface area contributed by atoms with Crippen LogP contribution in [-0.2, 0) is 4.79 Å². The van der Waals surface area contributed by atoms with E-state index in [1.165, 1.54) is 5.19 Å². The largest absolute Gasteiger partial charge is 0.480 e. The molecule has 0 aromatic heterocycles. The molecule has 0 saturated carbocycles. The Labute approximate surface area is 102 Å². The molecule has 0 aliphatic rings. The zero-order valence-corrected chi connectivity index (χ0v) is 11.3. The maximum atomic E-state index is 10.7. The molecule has 17 heavy (non-hydrogen) atoms. The first kappa shape index (κ1) is 13.9. The van der Waals surface area contributed by atoms with Crippen LogP contribution in [0, 0.1) is 0 Å². The molecule has 0 amide bonds. The summed E-state index contributed by atoms with van der Waals surface area (Å²) in [6.07, 6.45) is -1.16. The lowest BCUT2D eigenvalue weighted by Crippen LogP contribution is -2.38. The summed E-state index contributed by atoms with van der Waals surface area (Å²) in [6, 6.07) is 6.11. The highest BCUT2D eigenvalue weighted by molar-refractivity contribution is 6.88. The second-order valence-electron chi connectivity index (χ2n) is 5.18. The van der Waals surface area contributed by atoms with Gasteiger partial charge in [-0.3, -0.25) is 4.79 Å². The Kier molecular flexibility index (Phi) is 4.08. The Morgan fingerprint density at radius 2 is 1.71 bits per heavy atom. The number of hydrogen-bond acceptors (Lipinski definition) is 3. The Balaban J connectivity index is 2.92.